The van der Waals surface area contributed by atoms with E-state index < -0.39 is 16.5 Å². The first-order valence-electron chi connectivity index (χ1n) is 7.96. The second-order valence-electron chi connectivity index (χ2n) is 5.64. The molecule has 2 N–H and O–H groups in total. The van der Waals surface area contributed by atoms with Crippen LogP contribution in [0.25, 0.3) is 17.1 Å². The highest BCUT2D eigenvalue weighted by molar-refractivity contribution is 5.87. The Morgan fingerprint density at radius 1 is 1.21 bits per heavy atom. The van der Waals surface area contributed by atoms with Gasteiger partial charge in [-0.25, -0.2) is 9.48 Å². The van der Waals surface area contributed by atoms with Gasteiger partial charge in [0.05, 0.1) is 24.2 Å². The van der Waals surface area contributed by atoms with E-state index in [0.29, 0.717) is 11.3 Å². The van der Waals surface area contributed by atoms with E-state index in [1.165, 1.54) is 18.3 Å². The molecule has 140 valence electrons. The zero-order valence-electron chi connectivity index (χ0n) is 14.1. The minimum Gasteiger partial charge on any atom is -0.493 e. The van der Waals surface area contributed by atoms with Gasteiger partial charge in [-0.2, -0.15) is 14.9 Å². The van der Waals surface area contributed by atoms with Crippen LogP contribution >= 0.6 is 0 Å². The summed E-state index contributed by atoms with van der Waals surface area (Å²) < 4.78 is 7.71. The molecule has 11 heteroatoms. The maximum Gasteiger partial charge on any atom is 0.433 e. The minimum atomic E-state index is -0.645. The Hall–Kier alpha value is -4.41. The number of nitro groups is 1. The number of benzene rings is 1. The van der Waals surface area contributed by atoms with Crippen LogP contribution in [0.5, 0.6) is 5.88 Å². The number of furan rings is 1. The summed E-state index contributed by atoms with van der Waals surface area (Å²) in [5, 5.41) is 28.6. The van der Waals surface area contributed by atoms with Gasteiger partial charge < -0.3 is 9.52 Å². The van der Waals surface area contributed by atoms with Crippen molar-refractivity contribution >= 4 is 12.1 Å². The average Bonchev–Trinajstić information content (AvgIpc) is 3.39. The first kappa shape index (κ1) is 17.0. The van der Waals surface area contributed by atoms with Gasteiger partial charge in [-0.3, -0.25) is 15.1 Å². The Morgan fingerprint density at radius 2 is 2.00 bits per heavy atom. The number of imidazole rings is 1. The predicted molar refractivity (Wildman–Crippen MR) is 97.6 cm³/mol. The Labute approximate surface area is 155 Å². The lowest BCUT2D eigenvalue weighted by atomic mass is 10.2. The molecule has 4 aromatic rings. The van der Waals surface area contributed by atoms with Crippen LogP contribution in [0.3, 0.4) is 0 Å². The van der Waals surface area contributed by atoms with Crippen LogP contribution in [0.4, 0.5) is 5.88 Å². The van der Waals surface area contributed by atoms with E-state index in [0.717, 1.165) is 16.6 Å². The third-order valence-electron chi connectivity index (χ3n) is 3.78. The fourth-order valence-corrected chi connectivity index (χ4v) is 2.52. The van der Waals surface area contributed by atoms with E-state index in [-0.39, 0.29) is 11.6 Å². The number of rotatable bonds is 5. The maximum absolute atomic E-state index is 11.6. The predicted octanol–water partition coefficient (Wildman–Crippen LogP) is 2.12. The molecule has 0 fully saturated rings. The Morgan fingerprint density at radius 3 is 2.64 bits per heavy atom. The van der Waals surface area contributed by atoms with Gasteiger partial charge in [0.1, 0.15) is 10.6 Å². The van der Waals surface area contributed by atoms with Gasteiger partial charge in [0, 0.05) is 11.8 Å². The Bertz CT molecular complexity index is 1230. The largest absolute Gasteiger partial charge is 0.493 e. The maximum atomic E-state index is 11.6. The van der Waals surface area contributed by atoms with Crippen molar-refractivity contribution in [3.8, 4) is 23.0 Å². The van der Waals surface area contributed by atoms with Gasteiger partial charge in [0.15, 0.2) is 5.76 Å². The number of H-pyrrole nitrogens is 1. The molecule has 0 spiro atoms. The summed E-state index contributed by atoms with van der Waals surface area (Å²) in [4.78, 5) is 24.1. The molecule has 3 heterocycles. The van der Waals surface area contributed by atoms with E-state index in [1.54, 1.807) is 10.9 Å². The summed E-state index contributed by atoms with van der Waals surface area (Å²) in [5.74, 6) is -0.574. The molecule has 0 unspecified atom stereocenters. The molecule has 0 aliphatic heterocycles. The zero-order chi connectivity index (χ0) is 19.7. The molecule has 0 radical (unpaired) electrons. The number of aromatic amines is 1. The van der Waals surface area contributed by atoms with Gasteiger partial charge >= 0.3 is 11.6 Å². The Kier molecular flexibility index (Phi) is 4.09. The molecular weight excluding hydrogens is 368 g/mol. The van der Waals surface area contributed by atoms with Crippen LogP contribution in [-0.4, -0.2) is 35.7 Å². The summed E-state index contributed by atoms with van der Waals surface area (Å²) in [6.07, 6.45) is 4.09. The van der Waals surface area contributed by atoms with Crippen LogP contribution in [0.1, 0.15) is 5.56 Å². The highest BCUT2D eigenvalue weighted by Crippen LogP contribution is 2.27. The van der Waals surface area contributed by atoms with Crippen molar-refractivity contribution in [1.29, 1.82) is 0 Å². The monoisotopic (exact) mass is 380 g/mol. The van der Waals surface area contributed by atoms with E-state index in [9.17, 15) is 20.0 Å². The highest BCUT2D eigenvalue weighted by Gasteiger charge is 2.19. The first-order valence-corrected chi connectivity index (χ1v) is 7.96. The molecule has 11 nitrogen and oxygen atoms in total. The summed E-state index contributed by atoms with van der Waals surface area (Å²) >= 11 is 0. The SMILES string of the molecule is O=c1[nH]c(O)cn1N=Cc1cn(-c2ccccc2)nc1-c1ccc([N+](=O)[O-])o1. The lowest BCUT2D eigenvalue weighted by molar-refractivity contribution is -0.401. The lowest BCUT2D eigenvalue weighted by Crippen LogP contribution is -2.11. The summed E-state index contributed by atoms with van der Waals surface area (Å²) in [5.41, 5.74) is 0.870. The third-order valence-corrected chi connectivity index (χ3v) is 3.78. The lowest BCUT2D eigenvalue weighted by Gasteiger charge is -1.98. The van der Waals surface area contributed by atoms with Crippen molar-refractivity contribution in [2.24, 2.45) is 5.10 Å². The number of hydrogen-bond donors (Lipinski definition) is 2. The van der Waals surface area contributed by atoms with Crippen LogP contribution in [-0.2, 0) is 0 Å². The number of hydrogen-bond acceptors (Lipinski definition) is 7. The van der Waals surface area contributed by atoms with Crippen molar-refractivity contribution in [3.63, 3.8) is 0 Å². The zero-order valence-corrected chi connectivity index (χ0v) is 14.1. The number of para-hydroxylation sites is 1. The third kappa shape index (κ3) is 3.19. The standard InChI is InChI=1S/C17H12N6O5/c24-14-10-22(17(25)19-14)18-8-11-9-21(12-4-2-1-3-5-12)20-16(11)13-6-7-15(28-13)23(26)27/h1-10,24H,(H,19,25). The molecular formula is C17H12N6O5. The fourth-order valence-electron chi connectivity index (χ4n) is 2.52. The van der Waals surface area contributed by atoms with Crippen molar-refractivity contribution in [3.05, 3.63) is 81.0 Å². The number of nitrogens with one attached hydrogen (secondary N) is 1. The summed E-state index contributed by atoms with van der Waals surface area (Å²) in [6.45, 7) is 0. The molecule has 0 saturated carbocycles. The number of aromatic nitrogens is 4. The van der Waals surface area contributed by atoms with Gasteiger partial charge in [-0.1, -0.05) is 18.2 Å². The van der Waals surface area contributed by atoms with Gasteiger partial charge in [-0.05, 0) is 18.2 Å². The van der Waals surface area contributed by atoms with E-state index in [1.807, 2.05) is 30.3 Å². The summed E-state index contributed by atoms with van der Waals surface area (Å²) in [6, 6.07) is 11.9. The smallest absolute Gasteiger partial charge is 0.433 e. The van der Waals surface area contributed by atoms with Crippen molar-refractivity contribution in [1.82, 2.24) is 19.4 Å². The molecule has 0 aliphatic carbocycles. The second-order valence-corrected chi connectivity index (χ2v) is 5.64. The molecule has 0 bridgehead atoms. The summed E-state index contributed by atoms with van der Waals surface area (Å²) in [7, 11) is 0. The van der Waals surface area contributed by atoms with Crippen LogP contribution in [0.15, 0.2) is 69.2 Å². The van der Waals surface area contributed by atoms with E-state index >= 15 is 0 Å². The van der Waals surface area contributed by atoms with Crippen LogP contribution in [0.2, 0.25) is 0 Å². The molecule has 3 aromatic heterocycles. The first-order chi connectivity index (χ1) is 13.5. The van der Waals surface area contributed by atoms with Gasteiger partial charge in [0.2, 0.25) is 5.88 Å². The molecule has 0 aliphatic rings. The second kappa shape index (κ2) is 6.72. The topological polar surface area (TPSA) is 144 Å². The molecule has 0 saturated heterocycles. The average molecular weight is 380 g/mol. The highest BCUT2D eigenvalue weighted by atomic mass is 16.6. The molecule has 0 amide bonds. The van der Waals surface area contributed by atoms with E-state index in [4.69, 9.17) is 4.42 Å². The van der Waals surface area contributed by atoms with Crippen molar-refractivity contribution < 1.29 is 14.4 Å². The van der Waals surface area contributed by atoms with Crippen LogP contribution < -0.4 is 5.69 Å². The fraction of sp³-hybridized carbons (Fsp3) is 0. The van der Waals surface area contributed by atoms with Crippen molar-refractivity contribution in [2.75, 3.05) is 0 Å². The van der Waals surface area contributed by atoms with Gasteiger partial charge in [0.25, 0.3) is 0 Å². The number of aromatic hydroxyl groups is 1. The minimum absolute atomic E-state index is 0.173. The molecule has 4 rings (SSSR count). The van der Waals surface area contributed by atoms with Gasteiger partial charge in [-0.15, -0.1) is 0 Å². The molecule has 1 aromatic carbocycles. The van der Waals surface area contributed by atoms with Crippen LogP contribution in [0, 0.1) is 10.1 Å². The quantitative estimate of drug-likeness (QED) is 0.308. The number of nitrogens with zero attached hydrogens (tertiary/aromatic N) is 5. The molecule has 28 heavy (non-hydrogen) atoms. The normalized spacial score (nSPS) is 11.3. The van der Waals surface area contributed by atoms with Crippen molar-refractivity contribution in [2.45, 2.75) is 0 Å². The molecule has 0 atom stereocenters. The van der Waals surface area contributed by atoms with E-state index in [2.05, 4.69) is 15.2 Å². The Balaban J connectivity index is 1.80.